The Morgan fingerprint density at radius 2 is 1.80 bits per heavy atom. The van der Waals surface area contributed by atoms with E-state index in [-0.39, 0.29) is 17.9 Å². The molecule has 2 aromatic heterocycles. The van der Waals surface area contributed by atoms with Gasteiger partial charge in [-0.3, -0.25) is 9.59 Å². The molecule has 0 amide bonds. The van der Waals surface area contributed by atoms with Crippen molar-refractivity contribution in [2.45, 2.75) is 26.9 Å². The number of carbonyl (C=O) groups excluding carboxylic acids is 1. The van der Waals surface area contributed by atoms with Crippen LogP contribution in [0.1, 0.15) is 27.3 Å². The Morgan fingerprint density at radius 3 is 2.52 bits per heavy atom. The minimum atomic E-state index is -0.240. The third kappa shape index (κ3) is 3.74. The van der Waals surface area contributed by atoms with Gasteiger partial charge in [0, 0.05) is 35.8 Å². The van der Waals surface area contributed by atoms with Crippen LogP contribution in [0.3, 0.4) is 0 Å². The molecule has 0 N–H and O–H groups in total. The van der Waals surface area contributed by atoms with E-state index in [1.165, 1.54) is 28.5 Å². The van der Waals surface area contributed by atoms with E-state index < -0.39 is 0 Å². The summed E-state index contributed by atoms with van der Waals surface area (Å²) in [6.45, 7) is 4.61. The monoisotopic (exact) mass is 354 g/mol. The molecular formula is C20H19ClN2O2. The third-order valence-electron chi connectivity index (χ3n) is 4.32. The average molecular weight is 355 g/mol. The number of aryl methyl sites for hydroxylation is 1. The number of aromatic nitrogens is 2. The molecule has 0 spiro atoms. The Morgan fingerprint density at radius 1 is 1.08 bits per heavy atom. The van der Waals surface area contributed by atoms with E-state index in [1.807, 2.05) is 38.1 Å². The van der Waals surface area contributed by atoms with Crippen molar-refractivity contribution >= 4 is 17.4 Å². The topological polar surface area (TPSA) is 44.0 Å². The highest BCUT2D eigenvalue weighted by molar-refractivity contribution is 6.30. The number of benzene rings is 1. The summed E-state index contributed by atoms with van der Waals surface area (Å²) in [5, 5.41) is 0.432. The molecule has 0 unspecified atom stereocenters. The maximum absolute atomic E-state index is 12.7. The van der Waals surface area contributed by atoms with E-state index in [4.69, 9.17) is 11.6 Å². The van der Waals surface area contributed by atoms with Gasteiger partial charge in [0.05, 0.1) is 11.6 Å². The van der Waals surface area contributed by atoms with Gasteiger partial charge in [-0.1, -0.05) is 41.9 Å². The van der Waals surface area contributed by atoms with Gasteiger partial charge in [-0.15, -0.1) is 0 Å². The number of Topliss-reactive ketones (excluding diaryl/α,β-unsaturated/α-hetero) is 1. The fraction of sp³-hybridized carbons (Fsp3) is 0.200. The van der Waals surface area contributed by atoms with E-state index >= 15 is 0 Å². The number of pyridine rings is 1. The van der Waals surface area contributed by atoms with Crippen LogP contribution in [0.4, 0.5) is 0 Å². The van der Waals surface area contributed by atoms with Crippen LogP contribution in [0.15, 0.2) is 59.5 Å². The van der Waals surface area contributed by atoms with Crippen LogP contribution in [-0.4, -0.2) is 14.9 Å². The largest absolute Gasteiger partial charge is 0.344 e. The molecule has 0 saturated heterocycles. The number of carbonyl (C=O) groups is 1. The Bertz CT molecular complexity index is 971. The van der Waals surface area contributed by atoms with Gasteiger partial charge in [0.1, 0.15) is 0 Å². The molecule has 128 valence electrons. The van der Waals surface area contributed by atoms with E-state index in [0.29, 0.717) is 17.1 Å². The summed E-state index contributed by atoms with van der Waals surface area (Å²) >= 11 is 5.92. The van der Waals surface area contributed by atoms with Gasteiger partial charge in [0.15, 0.2) is 5.78 Å². The van der Waals surface area contributed by atoms with Crippen LogP contribution in [0, 0.1) is 13.8 Å². The van der Waals surface area contributed by atoms with Crippen molar-refractivity contribution in [3.05, 3.63) is 92.6 Å². The number of hydrogen-bond donors (Lipinski definition) is 0. The Balaban J connectivity index is 1.88. The molecule has 5 heteroatoms. The molecule has 2 heterocycles. The van der Waals surface area contributed by atoms with Gasteiger partial charge < -0.3 is 9.13 Å². The first-order valence-corrected chi connectivity index (χ1v) is 8.43. The molecule has 3 aromatic rings. The van der Waals surface area contributed by atoms with Crippen molar-refractivity contribution in [3.63, 3.8) is 0 Å². The van der Waals surface area contributed by atoms with Gasteiger partial charge in [-0.25, -0.2) is 0 Å². The summed E-state index contributed by atoms with van der Waals surface area (Å²) < 4.78 is 3.46. The third-order valence-corrected chi connectivity index (χ3v) is 4.54. The van der Waals surface area contributed by atoms with E-state index in [9.17, 15) is 9.59 Å². The molecule has 1 aromatic carbocycles. The van der Waals surface area contributed by atoms with Crippen LogP contribution >= 0.6 is 11.6 Å². The second-order valence-corrected chi connectivity index (χ2v) is 6.53. The first kappa shape index (κ1) is 17.2. The lowest BCUT2D eigenvalue weighted by Crippen LogP contribution is -2.23. The predicted octanol–water partition coefficient (Wildman–Crippen LogP) is 3.85. The molecule has 4 nitrogen and oxygen atoms in total. The minimum absolute atomic E-state index is 0.0188. The Kier molecular flexibility index (Phi) is 4.91. The number of ketones is 1. The summed E-state index contributed by atoms with van der Waals surface area (Å²) in [6.07, 6.45) is 1.49. The summed E-state index contributed by atoms with van der Waals surface area (Å²) in [7, 11) is 0. The first-order chi connectivity index (χ1) is 12.0. The van der Waals surface area contributed by atoms with Gasteiger partial charge in [0.25, 0.3) is 5.56 Å². The van der Waals surface area contributed by atoms with Gasteiger partial charge in [-0.2, -0.15) is 0 Å². The molecular weight excluding hydrogens is 336 g/mol. The molecule has 0 aliphatic heterocycles. The van der Waals surface area contributed by atoms with Crippen LogP contribution in [0.5, 0.6) is 0 Å². The molecule has 25 heavy (non-hydrogen) atoms. The number of halogens is 1. The van der Waals surface area contributed by atoms with Crippen molar-refractivity contribution < 1.29 is 4.79 Å². The predicted molar refractivity (Wildman–Crippen MR) is 99.5 cm³/mol. The Labute approximate surface area is 151 Å². The highest BCUT2D eigenvalue weighted by Crippen LogP contribution is 2.18. The lowest BCUT2D eigenvalue weighted by Gasteiger charge is -2.10. The normalized spacial score (nSPS) is 10.8. The van der Waals surface area contributed by atoms with Crippen LogP contribution in [-0.2, 0) is 13.1 Å². The van der Waals surface area contributed by atoms with Crippen molar-refractivity contribution in [2.24, 2.45) is 0 Å². The number of nitrogens with zero attached hydrogens (tertiary/aromatic N) is 2. The minimum Gasteiger partial charge on any atom is -0.344 e. The standard InChI is InChI=1S/C20H19ClN2O2/c1-14-10-18(15(2)23(14)11-16-6-4-3-5-7-16)19(24)13-22-12-17(21)8-9-20(22)25/h3-10,12H,11,13H2,1-2H3. The highest BCUT2D eigenvalue weighted by Gasteiger charge is 2.16. The van der Waals surface area contributed by atoms with Crippen LogP contribution < -0.4 is 5.56 Å². The summed E-state index contributed by atoms with van der Waals surface area (Å²) in [5.74, 6) is -0.100. The SMILES string of the molecule is Cc1cc(C(=O)Cn2cc(Cl)ccc2=O)c(C)n1Cc1ccccc1. The van der Waals surface area contributed by atoms with Crippen molar-refractivity contribution in [1.29, 1.82) is 0 Å². The zero-order valence-corrected chi connectivity index (χ0v) is 15.0. The van der Waals surface area contributed by atoms with Crippen molar-refractivity contribution in [2.75, 3.05) is 0 Å². The highest BCUT2D eigenvalue weighted by atomic mass is 35.5. The van der Waals surface area contributed by atoms with E-state index in [1.54, 1.807) is 0 Å². The number of rotatable bonds is 5. The van der Waals surface area contributed by atoms with Crippen LogP contribution in [0.2, 0.25) is 5.02 Å². The maximum Gasteiger partial charge on any atom is 0.251 e. The van der Waals surface area contributed by atoms with Gasteiger partial charge in [0.2, 0.25) is 0 Å². The fourth-order valence-corrected chi connectivity index (χ4v) is 3.14. The smallest absolute Gasteiger partial charge is 0.251 e. The molecule has 3 rings (SSSR count). The molecule has 0 bridgehead atoms. The lowest BCUT2D eigenvalue weighted by atomic mass is 10.1. The quantitative estimate of drug-likeness (QED) is 0.653. The fourth-order valence-electron chi connectivity index (χ4n) is 2.96. The van der Waals surface area contributed by atoms with E-state index in [2.05, 4.69) is 16.7 Å². The molecule has 0 atom stereocenters. The maximum atomic E-state index is 12.7. The summed E-state index contributed by atoms with van der Waals surface area (Å²) in [5.41, 5.74) is 3.50. The average Bonchev–Trinajstić information content (AvgIpc) is 2.87. The second-order valence-electron chi connectivity index (χ2n) is 6.09. The van der Waals surface area contributed by atoms with Gasteiger partial charge in [-0.05, 0) is 31.5 Å². The molecule has 0 radical (unpaired) electrons. The second kappa shape index (κ2) is 7.11. The van der Waals surface area contributed by atoms with Crippen molar-refractivity contribution in [1.82, 2.24) is 9.13 Å². The zero-order valence-electron chi connectivity index (χ0n) is 14.2. The first-order valence-electron chi connectivity index (χ1n) is 8.05. The van der Waals surface area contributed by atoms with E-state index in [0.717, 1.165) is 11.4 Å². The molecule has 0 saturated carbocycles. The Hall–Kier alpha value is -2.59. The summed E-state index contributed by atoms with van der Waals surface area (Å²) in [4.78, 5) is 24.6. The molecule has 0 fully saturated rings. The molecule has 0 aliphatic rings. The van der Waals surface area contributed by atoms with Crippen LogP contribution in [0.25, 0.3) is 0 Å². The number of hydrogen-bond acceptors (Lipinski definition) is 2. The van der Waals surface area contributed by atoms with Gasteiger partial charge >= 0.3 is 0 Å². The molecule has 0 aliphatic carbocycles. The summed E-state index contributed by atoms with van der Waals surface area (Å²) in [6, 6.07) is 14.9. The zero-order chi connectivity index (χ0) is 18.0. The lowest BCUT2D eigenvalue weighted by molar-refractivity contribution is 0.0970. The van der Waals surface area contributed by atoms with Crippen molar-refractivity contribution in [3.8, 4) is 0 Å².